The van der Waals surface area contributed by atoms with E-state index in [1.807, 2.05) is 12.4 Å². The number of halogens is 2. The van der Waals surface area contributed by atoms with Crippen molar-refractivity contribution in [3.05, 3.63) is 28.5 Å². The second-order valence-electron chi connectivity index (χ2n) is 4.49. The first-order valence-electron chi connectivity index (χ1n) is 5.80. The molecular formula is C12H19BrClN3. The molecule has 1 saturated heterocycles. The van der Waals surface area contributed by atoms with Crippen LogP contribution in [0.1, 0.15) is 18.4 Å². The molecule has 2 rings (SSSR count). The highest BCUT2D eigenvalue weighted by atomic mass is 79.9. The number of hydrogen-bond acceptors (Lipinski definition) is 3. The molecule has 1 atom stereocenters. The van der Waals surface area contributed by atoms with E-state index in [-0.39, 0.29) is 12.4 Å². The lowest BCUT2D eigenvalue weighted by Gasteiger charge is -2.32. The van der Waals surface area contributed by atoms with E-state index in [0.29, 0.717) is 5.92 Å². The van der Waals surface area contributed by atoms with E-state index < -0.39 is 0 Å². The van der Waals surface area contributed by atoms with Gasteiger partial charge in [-0.2, -0.15) is 0 Å². The lowest BCUT2D eigenvalue weighted by molar-refractivity contribution is 0.171. The first-order valence-corrected chi connectivity index (χ1v) is 6.59. The minimum atomic E-state index is 0. The van der Waals surface area contributed by atoms with Crippen molar-refractivity contribution in [2.45, 2.75) is 19.4 Å². The van der Waals surface area contributed by atoms with Gasteiger partial charge in [0.2, 0.25) is 0 Å². The van der Waals surface area contributed by atoms with Gasteiger partial charge in [-0.25, -0.2) is 0 Å². The molecule has 0 saturated carbocycles. The van der Waals surface area contributed by atoms with Crippen molar-refractivity contribution in [2.75, 3.05) is 19.6 Å². The molecule has 0 aromatic carbocycles. The minimum Gasteiger partial charge on any atom is -0.330 e. The zero-order valence-electron chi connectivity index (χ0n) is 9.81. The normalized spacial score (nSPS) is 20.9. The molecule has 1 fully saturated rings. The Hall–Kier alpha value is -0.160. The fraction of sp³-hybridized carbons (Fsp3) is 0.583. The number of nitrogens with zero attached hydrogens (tertiary/aromatic N) is 2. The van der Waals surface area contributed by atoms with Gasteiger partial charge in [0.05, 0.1) is 0 Å². The maximum Gasteiger partial charge on any atom is 0.0410 e. The Morgan fingerprint density at radius 3 is 3.00 bits per heavy atom. The van der Waals surface area contributed by atoms with Crippen LogP contribution in [0.25, 0.3) is 0 Å². The molecule has 1 aromatic rings. The van der Waals surface area contributed by atoms with Crippen LogP contribution in [-0.2, 0) is 6.54 Å². The van der Waals surface area contributed by atoms with Gasteiger partial charge < -0.3 is 5.73 Å². The third-order valence-corrected chi connectivity index (χ3v) is 3.54. The summed E-state index contributed by atoms with van der Waals surface area (Å²) in [7, 11) is 0. The number of rotatable bonds is 3. The lowest BCUT2D eigenvalue weighted by atomic mass is 9.98. The van der Waals surface area contributed by atoms with Crippen LogP contribution in [0.3, 0.4) is 0 Å². The fourth-order valence-corrected chi connectivity index (χ4v) is 2.70. The van der Waals surface area contributed by atoms with Gasteiger partial charge in [0, 0.05) is 30.0 Å². The van der Waals surface area contributed by atoms with Gasteiger partial charge in [0.1, 0.15) is 0 Å². The Kier molecular flexibility index (Phi) is 6.41. The zero-order valence-corrected chi connectivity index (χ0v) is 12.2. The molecular weight excluding hydrogens is 302 g/mol. The second kappa shape index (κ2) is 7.31. The van der Waals surface area contributed by atoms with E-state index >= 15 is 0 Å². The molecule has 1 aliphatic heterocycles. The molecule has 1 aromatic heterocycles. The Bertz CT molecular complexity index is 348. The second-order valence-corrected chi connectivity index (χ2v) is 5.41. The molecule has 5 heteroatoms. The number of hydrogen-bond donors (Lipinski definition) is 1. The van der Waals surface area contributed by atoms with Crippen molar-refractivity contribution in [3.8, 4) is 0 Å². The largest absolute Gasteiger partial charge is 0.330 e. The van der Waals surface area contributed by atoms with Crippen molar-refractivity contribution in [2.24, 2.45) is 11.7 Å². The van der Waals surface area contributed by atoms with Crippen molar-refractivity contribution >= 4 is 28.3 Å². The molecule has 1 aliphatic rings. The minimum absolute atomic E-state index is 0. The van der Waals surface area contributed by atoms with Gasteiger partial charge in [-0.3, -0.25) is 9.88 Å². The molecule has 2 N–H and O–H groups in total. The van der Waals surface area contributed by atoms with Gasteiger partial charge in [-0.1, -0.05) is 0 Å². The maximum atomic E-state index is 5.74. The van der Waals surface area contributed by atoms with Crippen LogP contribution in [0, 0.1) is 5.92 Å². The fourth-order valence-electron chi connectivity index (χ4n) is 2.29. The predicted molar refractivity (Wildman–Crippen MR) is 76.2 cm³/mol. The van der Waals surface area contributed by atoms with Crippen LogP contribution < -0.4 is 5.73 Å². The van der Waals surface area contributed by atoms with Crippen LogP contribution in [0.15, 0.2) is 22.9 Å². The number of piperidine rings is 1. The molecule has 0 spiro atoms. The lowest BCUT2D eigenvalue weighted by Crippen LogP contribution is -2.37. The number of likely N-dealkylation sites (tertiary alicyclic amines) is 1. The van der Waals surface area contributed by atoms with Gasteiger partial charge in [0.25, 0.3) is 0 Å². The highest BCUT2D eigenvalue weighted by molar-refractivity contribution is 9.10. The average Bonchev–Trinajstić information content (AvgIpc) is 2.29. The van der Waals surface area contributed by atoms with E-state index in [1.54, 1.807) is 0 Å². The van der Waals surface area contributed by atoms with Crippen LogP contribution in [-0.4, -0.2) is 29.5 Å². The molecule has 0 radical (unpaired) electrons. The molecule has 1 unspecified atom stereocenters. The monoisotopic (exact) mass is 319 g/mol. The first kappa shape index (κ1) is 14.9. The molecule has 0 aliphatic carbocycles. The van der Waals surface area contributed by atoms with Crippen LogP contribution in [0.2, 0.25) is 0 Å². The Morgan fingerprint density at radius 1 is 1.47 bits per heavy atom. The van der Waals surface area contributed by atoms with Crippen LogP contribution in [0.4, 0.5) is 0 Å². The van der Waals surface area contributed by atoms with Crippen molar-refractivity contribution in [3.63, 3.8) is 0 Å². The van der Waals surface area contributed by atoms with Gasteiger partial charge in [-0.05, 0) is 59.4 Å². The molecule has 0 amide bonds. The smallest absolute Gasteiger partial charge is 0.0410 e. The average molecular weight is 321 g/mol. The van der Waals surface area contributed by atoms with Gasteiger partial charge >= 0.3 is 0 Å². The molecule has 0 bridgehead atoms. The highest BCUT2D eigenvalue weighted by Gasteiger charge is 2.18. The summed E-state index contributed by atoms with van der Waals surface area (Å²) in [5.74, 6) is 0.675. The summed E-state index contributed by atoms with van der Waals surface area (Å²) in [6.07, 6.45) is 6.31. The van der Waals surface area contributed by atoms with E-state index in [2.05, 4.69) is 31.9 Å². The van der Waals surface area contributed by atoms with Crippen molar-refractivity contribution in [1.29, 1.82) is 0 Å². The van der Waals surface area contributed by atoms with E-state index in [1.165, 1.54) is 24.9 Å². The van der Waals surface area contributed by atoms with E-state index in [0.717, 1.165) is 24.1 Å². The first-order chi connectivity index (χ1) is 7.78. The Balaban J connectivity index is 0.00000144. The molecule has 17 heavy (non-hydrogen) atoms. The SMILES string of the molecule is Cl.NCC1CCCN(Cc2cncc(Br)c2)C1. The van der Waals surface area contributed by atoms with Crippen LogP contribution in [0.5, 0.6) is 0 Å². The van der Waals surface area contributed by atoms with Crippen LogP contribution >= 0.6 is 28.3 Å². The standard InChI is InChI=1S/C12H18BrN3.ClH/c13-12-4-11(6-15-7-12)9-16-3-1-2-10(5-14)8-16;/h4,6-7,10H,1-3,5,8-9,14H2;1H. The third-order valence-electron chi connectivity index (χ3n) is 3.10. The molecule has 3 nitrogen and oxygen atoms in total. The quantitative estimate of drug-likeness (QED) is 0.930. The van der Waals surface area contributed by atoms with E-state index in [9.17, 15) is 0 Å². The maximum absolute atomic E-state index is 5.74. The summed E-state index contributed by atoms with van der Waals surface area (Å²) in [5.41, 5.74) is 7.01. The van der Waals surface area contributed by atoms with Gasteiger partial charge in [0.15, 0.2) is 0 Å². The number of nitrogens with two attached hydrogens (primary N) is 1. The Morgan fingerprint density at radius 2 is 2.29 bits per heavy atom. The van der Waals surface area contributed by atoms with Crippen molar-refractivity contribution in [1.82, 2.24) is 9.88 Å². The summed E-state index contributed by atoms with van der Waals surface area (Å²) in [5, 5.41) is 0. The topological polar surface area (TPSA) is 42.1 Å². The third kappa shape index (κ3) is 4.54. The number of aromatic nitrogens is 1. The number of pyridine rings is 1. The highest BCUT2D eigenvalue weighted by Crippen LogP contribution is 2.18. The van der Waals surface area contributed by atoms with Crippen molar-refractivity contribution < 1.29 is 0 Å². The molecule has 96 valence electrons. The van der Waals surface area contributed by atoms with Gasteiger partial charge in [-0.15, -0.1) is 12.4 Å². The Labute approximate surface area is 117 Å². The predicted octanol–water partition coefficient (Wildman–Crippen LogP) is 2.44. The summed E-state index contributed by atoms with van der Waals surface area (Å²) in [6.45, 7) is 4.11. The summed E-state index contributed by atoms with van der Waals surface area (Å²) >= 11 is 3.45. The van der Waals surface area contributed by atoms with E-state index in [4.69, 9.17) is 5.73 Å². The molecule has 2 heterocycles. The zero-order chi connectivity index (χ0) is 11.4. The summed E-state index contributed by atoms with van der Waals surface area (Å²) in [4.78, 5) is 6.67. The summed E-state index contributed by atoms with van der Waals surface area (Å²) < 4.78 is 1.05. The summed E-state index contributed by atoms with van der Waals surface area (Å²) in [6, 6.07) is 2.14.